The number of carbonyl (C=O) groups is 1. The van der Waals surface area contributed by atoms with Gasteiger partial charge in [0.2, 0.25) is 5.91 Å². The van der Waals surface area contributed by atoms with Crippen LogP contribution in [-0.2, 0) is 4.79 Å². The molecule has 5 heteroatoms. The summed E-state index contributed by atoms with van der Waals surface area (Å²) < 4.78 is 5.39. The number of fused-ring (bicyclic) bond motifs is 2. The number of nitrogens with one attached hydrogen (secondary N) is 2. The zero-order chi connectivity index (χ0) is 19.2. The van der Waals surface area contributed by atoms with Crippen molar-refractivity contribution in [3.8, 4) is 5.75 Å². The largest absolute Gasteiger partial charge is 0.497 e. The first-order valence-corrected chi connectivity index (χ1v) is 10.5. The monoisotopic (exact) mass is 373 g/mol. The van der Waals surface area contributed by atoms with Crippen molar-refractivity contribution in [1.29, 1.82) is 0 Å². The molecule has 0 spiro atoms. The average molecular weight is 374 g/mol. The average Bonchev–Trinajstić information content (AvgIpc) is 3.03. The van der Waals surface area contributed by atoms with Gasteiger partial charge in [-0.1, -0.05) is 26.0 Å². The van der Waals surface area contributed by atoms with Crippen LogP contribution in [0.1, 0.15) is 57.6 Å². The third-order valence-electron chi connectivity index (χ3n) is 6.27. The standard InChI is InChI=1S/C22H35N3O2/c1-4-25(5-2)21(17-7-6-8-20(14-17)27-3)15-23-22(26)13-16-11-18-9-10-19(12-16)24-18/h6-8,14,16,18-19,21,24H,4-5,9-13,15H2,1-3H3,(H,23,26). The lowest BCUT2D eigenvalue weighted by Crippen LogP contribution is -2.41. The molecule has 2 aliphatic heterocycles. The first-order valence-electron chi connectivity index (χ1n) is 10.5. The summed E-state index contributed by atoms with van der Waals surface area (Å²) in [6.45, 7) is 6.88. The van der Waals surface area contributed by atoms with E-state index >= 15 is 0 Å². The molecule has 2 bridgehead atoms. The van der Waals surface area contributed by atoms with Gasteiger partial charge in [0.1, 0.15) is 5.75 Å². The van der Waals surface area contributed by atoms with Crippen LogP contribution in [0.25, 0.3) is 0 Å². The lowest BCUT2D eigenvalue weighted by molar-refractivity contribution is -0.122. The fraction of sp³-hybridized carbons (Fsp3) is 0.682. The number of likely N-dealkylation sites (N-methyl/N-ethyl adjacent to an activating group) is 1. The van der Waals surface area contributed by atoms with Gasteiger partial charge in [-0.3, -0.25) is 9.69 Å². The number of benzene rings is 1. The highest BCUT2D eigenvalue weighted by Crippen LogP contribution is 2.32. The van der Waals surface area contributed by atoms with Crippen molar-refractivity contribution in [2.24, 2.45) is 5.92 Å². The number of amides is 1. The Hall–Kier alpha value is -1.59. The van der Waals surface area contributed by atoms with E-state index in [0.717, 1.165) is 31.7 Å². The molecule has 0 radical (unpaired) electrons. The van der Waals surface area contributed by atoms with Gasteiger partial charge in [-0.2, -0.15) is 0 Å². The van der Waals surface area contributed by atoms with E-state index in [4.69, 9.17) is 4.74 Å². The van der Waals surface area contributed by atoms with Crippen molar-refractivity contribution in [3.63, 3.8) is 0 Å². The number of methoxy groups -OCH3 is 1. The molecule has 1 aromatic carbocycles. The van der Waals surface area contributed by atoms with E-state index in [1.54, 1.807) is 7.11 Å². The Kier molecular flexibility index (Phi) is 7.13. The first kappa shape index (κ1) is 20.2. The van der Waals surface area contributed by atoms with E-state index in [9.17, 15) is 4.79 Å². The minimum absolute atomic E-state index is 0.170. The van der Waals surface area contributed by atoms with Gasteiger partial charge in [-0.15, -0.1) is 0 Å². The highest BCUT2D eigenvalue weighted by atomic mass is 16.5. The summed E-state index contributed by atoms with van der Waals surface area (Å²) in [5.74, 6) is 1.59. The molecule has 27 heavy (non-hydrogen) atoms. The fourth-order valence-electron chi connectivity index (χ4n) is 4.86. The van der Waals surface area contributed by atoms with E-state index in [-0.39, 0.29) is 11.9 Å². The van der Waals surface area contributed by atoms with Crippen LogP contribution in [0, 0.1) is 5.92 Å². The molecule has 5 nitrogen and oxygen atoms in total. The van der Waals surface area contributed by atoms with Crippen molar-refractivity contribution < 1.29 is 9.53 Å². The molecular weight excluding hydrogens is 338 g/mol. The molecule has 3 unspecified atom stereocenters. The molecule has 2 heterocycles. The molecule has 3 rings (SSSR count). The van der Waals surface area contributed by atoms with Crippen LogP contribution in [0.15, 0.2) is 24.3 Å². The van der Waals surface area contributed by atoms with Gasteiger partial charge in [-0.05, 0) is 62.4 Å². The van der Waals surface area contributed by atoms with E-state index < -0.39 is 0 Å². The Morgan fingerprint density at radius 3 is 2.59 bits per heavy atom. The molecule has 1 aromatic rings. The maximum atomic E-state index is 12.6. The third-order valence-corrected chi connectivity index (χ3v) is 6.27. The summed E-state index contributed by atoms with van der Waals surface area (Å²) in [7, 11) is 1.69. The van der Waals surface area contributed by atoms with Gasteiger partial charge in [0, 0.05) is 25.0 Å². The molecule has 2 fully saturated rings. The van der Waals surface area contributed by atoms with Gasteiger partial charge in [0.25, 0.3) is 0 Å². The molecule has 0 saturated carbocycles. The van der Waals surface area contributed by atoms with Gasteiger partial charge in [-0.25, -0.2) is 0 Å². The second-order valence-corrected chi connectivity index (χ2v) is 8.00. The summed E-state index contributed by atoms with van der Waals surface area (Å²) in [4.78, 5) is 15.0. The highest BCUT2D eigenvalue weighted by molar-refractivity contribution is 5.76. The Morgan fingerprint density at radius 2 is 1.96 bits per heavy atom. The van der Waals surface area contributed by atoms with E-state index in [0.29, 0.717) is 31.0 Å². The number of hydrogen-bond donors (Lipinski definition) is 2. The number of carbonyl (C=O) groups excluding carboxylic acids is 1. The first-order chi connectivity index (χ1) is 13.1. The minimum atomic E-state index is 0.170. The lowest BCUT2D eigenvalue weighted by Gasteiger charge is -2.31. The molecule has 2 aliphatic rings. The predicted molar refractivity (Wildman–Crippen MR) is 109 cm³/mol. The third kappa shape index (κ3) is 5.23. The maximum Gasteiger partial charge on any atom is 0.220 e. The Labute approximate surface area is 163 Å². The molecule has 2 saturated heterocycles. The quantitative estimate of drug-likeness (QED) is 0.698. The Bertz CT molecular complexity index is 605. The maximum absolute atomic E-state index is 12.6. The molecular formula is C22H35N3O2. The van der Waals surface area contributed by atoms with Crippen LogP contribution in [0.3, 0.4) is 0 Å². The smallest absolute Gasteiger partial charge is 0.220 e. The Balaban J connectivity index is 1.59. The zero-order valence-electron chi connectivity index (χ0n) is 17.0. The number of piperidine rings is 1. The fourth-order valence-corrected chi connectivity index (χ4v) is 4.86. The molecule has 1 amide bonds. The molecule has 150 valence electrons. The summed E-state index contributed by atoms with van der Waals surface area (Å²) in [5.41, 5.74) is 1.19. The second-order valence-electron chi connectivity index (χ2n) is 8.00. The summed E-state index contributed by atoms with van der Waals surface area (Å²) >= 11 is 0. The Morgan fingerprint density at radius 1 is 1.26 bits per heavy atom. The molecule has 2 N–H and O–H groups in total. The molecule has 3 atom stereocenters. The number of ether oxygens (including phenoxy) is 1. The van der Waals surface area contributed by atoms with Crippen molar-refractivity contribution in [2.45, 2.75) is 64.1 Å². The predicted octanol–water partition coefficient (Wildman–Crippen LogP) is 3.12. The molecule has 0 aliphatic carbocycles. The normalized spacial score (nSPS) is 25.4. The van der Waals surface area contributed by atoms with Crippen LogP contribution in [0.4, 0.5) is 0 Å². The topological polar surface area (TPSA) is 53.6 Å². The van der Waals surface area contributed by atoms with Crippen LogP contribution >= 0.6 is 0 Å². The number of rotatable bonds is 9. The summed E-state index contributed by atoms with van der Waals surface area (Å²) in [6.07, 6.45) is 5.53. The number of hydrogen-bond acceptors (Lipinski definition) is 4. The van der Waals surface area contributed by atoms with E-state index in [1.165, 1.54) is 18.4 Å². The van der Waals surface area contributed by atoms with Gasteiger partial charge in [0.05, 0.1) is 13.2 Å². The minimum Gasteiger partial charge on any atom is -0.497 e. The summed E-state index contributed by atoms with van der Waals surface area (Å²) in [5, 5.41) is 6.88. The molecule has 0 aromatic heterocycles. The van der Waals surface area contributed by atoms with Crippen molar-refractivity contribution in [1.82, 2.24) is 15.5 Å². The number of nitrogens with zero attached hydrogens (tertiary/aromatic N) is 1. The van der Waals surface area contributed by atoms with Gasteiger partial charge < -0.3 is 15.4 Å². The SMILES string of the molecule is CCN(CC)C(CNC(=O)CC1CC2CCC(C1)N2)c1cccc(OC)c1. The second kappa shape index (κ2) is 9.56. The highest BCUT2D eigenvalue weighted by Gasteiger charge is 2.34. The van der Waals surface area contributed by atoms with Gasteiger partial charge in [0.15, 0.2) is 0 Å². The van der Waals surface area contributed by atoms with Crippen molar-refractivity contribution >= 4 is 5.91 Å². The van der Waals surface area contributed by atoms with Crippen LogP contribution < -0.4 is 15.4 Å². The van der Waals surface area contributed by atoms with E-state index in [1.807, 2.05) is 12.1 Å². The van der Waals surface area contributed by atoms with Crippen LogP contribution in [-0.4, -0.2) is 49.6 Å². The summed E-state index contributed by atoms with van der Waals surface area (Å²) in [6, 6.07) is 9.65. The van der Waals surface area contributed by atoms with Crippen molar-refractivity contribution in [2.75, 3.05) is 26.7 Å². The van der Waals surface area contributed by atoms with E-state index in [2.05, 4.69) is 41.5 Å². The van der Waals surface area contributed by atoms with Crippen LogP contribution in [0.5, 0.6) is 5.75 Å². The zero-order valence-corrected chi connectivity index (χ0v) is 17.0. The lowest BCUT2D eigenvalue weighted by atomic mass is 9.89. The van der Waals surface area contributed by atoms with Gasteiger partial charge >= 0.3 is 0 Å². The van der Waals surface area contributed by atoms with Crippen LogP contribution in [0.2, 0.25) is 0 Å². The van der Waals surface area contributed by atoms with Crippen molar-refractivity contribution in [3.05, 3.63) is 29.8 Å².